The van der Waals surface area contributed by atoms with Crippen molar-refractivity contribution < 1.29 is 13.5 Å². The second-order valence-corrected chi connectivity index (χ2v) is 3.22. The smallest absolute Gasteiger partial charge is 0.279 e. The Hall–Kier alpha value is -0.220. The maximum absolute atomic E-state index is 13.1. The van der Waals surface area contributed by atoms with Gasteiger partial charge in [-0.15, -0.1) is 0 Å². The summed E-state index contributed by atoms with van der Waals surface area (Å²) in [4.78, 5) is 0. The molecule has 0 saturated carbocycles. The zero-order chi connectivity index (χ0) is 7.95. The first-order valence-electron chi connectivity index (χ1n) is 3.89. The van der Waals surface area contributed by atoms with Crippen molar-refractivity contribution in [3.05, 3.63) is 0 Å². The lowest BCUT2D eigenvalue weighted by Gasteiger charge is -2.28. The van der Waals surface area contributed by atoms with Crippen LogP contribution < -0.4 is 5.32 Å². The maximum atomic E-state index is 13.1. The van der Waals surface area contributed by atoms with Gasteiger partial charge in [0.05, 0.1) is 6.61 Å². The number of ether oxygens (including phenoxy) is 1. The Morgan fingerprint density at radius 3 is 2.55 bits per heavy atom. The number of hydrogen-bond donors (Lipinski definition) is 1. The van der Waals surface area contributed by atoms with E-state index in [1.807, 2.05) is 0 Å². The molecule has 2 fully saturated rings. The van der Waals surface area contributed by atoms with E-state index in [9.17, 15) is 8.78 Å². The van der Waals surface area contributed by atoms with Crippen LogP contribution in [-0.2, 0) is 4.74 Å². The fourth-order valence-corrected chi connectivity index (χ4v) is 1.81. The van der Waals surface area contributed by atoms with Gasteiger partial charge in [0.2, 0.25) is 0 Å². The van der Waals surface area contributed by atoms with E-state index in [-0.39, 0.29) is 13.0 Å². The Morgan fingerprint density at radius 1 is 1.27 bits per heavy atom. The van der Waals surface area contributed by atoms with E-state index in [0.717, 1.165) is 0 Å². The molecule has 2 rings (SSSR count). The van der Waals surface area contributed by atoms with Crippen LogP contribution in [0.5, 0.6) is 0 Å². The van der Waals surface area contributed by atoms with Gasteiger partial charge in [-0.3, -0.25) is 0 Å². The molecule has 0 bridgehead atoms. The first-order chi connectivity index (χ1) is 5.16. The number of halogens is 2. The summed E-state index contributed by atoms with van der Waals surface area (Å²) in [6.07, 6.45) is 0.328. The largest absolute Gasteiger partial charge is 0.367 e. The van der Waals surface area contributed by atoms with Crippen molar-refractivity contribution in [1.82, 2.24) is 5.32 Å². The average Bonchev–Trinajstić information content (AvgIpc) is 2.45. The lowest BCUT2D eigenvalue weighted by atomic mass is 9.95. The van der Waals surface area contributed by atoms with E-state index in [1.165, 1.54) is 0 Å². The standard InChI is InChI=1S/C7H11F2NO/c8-7(9)2-4-11-6(7)1-3-10-5-6/h10H,1-5H2. The van der Waals surface area contributed by atoms with Crippen LogP contribution >= 0.6 is 0 Å². The highest BCUT2D eigenvalue weighted by Gasteiger charge is 2.59. The first kappa shape index (κ1) is 7.43. The molecule has 1 spiro atoms. The van der Waals surface area contributed by atoms with Crippen molar-refractivity contribution in [3.8, 4) is 0 Å². The highest BCUT2D eigenvalue weighted by molar-refractivity contribution is 5.04. The zero-order valence-electron chi connectivity index (χ0n) is 6.20. The van der Waals surface area contributed by atoms with Gasteiger partial charge in [0.25, 0.3) is 5.92 Å². The molecule has 1 unspecified atom stereocenters. The van der Waals surface area contributed by atoms with E-state index in [4.69, 9.17) is 4.74 Å². The van der Waals surface area contributed by atoms with Gasteiger partial charge >= 0.3 is 0 Å². The van der Waals surface area contributed by atoms with Crippen molar-refractivity contribution in [3.63, 3.8) is 0 Å². The van der Waals surface area contributed by atoms with Crippen LogP contribution in [0.25, 0.3) is 0 Å². The van der Waals surface area contributed by atoms with Crippen LogP contribution in [0.2, 0.25) is 0 Å². The molecule has 0 radical (unpaired) electrons. The van der Waals surface area contributed by atoms with Gasteiger partial charge in [0.15, 0.2) is 0 Å². The average molecular weight is 163 g/mol. The highest BCUT2D eigenvalue weighted by Crippen LogP contribution is 2.44. The van der Waals surface area contributed by atoms with Gasteiger partial charge in [-0.2, -0.15) is 0 Å². The van der Waals surface area contributed by atoms with Gasteiger partial charge in [-0.1, -0.05) is 0 Å². The zero-order valence-corrected chi connectivity index (χ0v) is 6.20. The lowest BCUT2D eigenvalue weighted by Crippen LogP contribution is -2.46. The Kier molecular flexibility index (Phi) is 1.44. The Morgan fingerprint density at radius 2 is 2.09 bits per heavy atom. The molecule has 2 aliphatic heterocycles. The predicted molar refractivity (Wildman–Crippen MR) is 35.7 cm³/mol. The van der Waals surface area contributed by atoms with Crippen molar-refractivity contribution >= 4 is 0 Å². The summed E-state index contributed by atoms with van der Waals surface area (Å²) in [5, 5.41) is 2.91. The van der Waals surface area contributed by atoms with Crippen molar-refractivity contribution in [2.45, 2.75) is 24.4 Å². The third-order valence-electron chi connectivity index (χ3n) is 2.58. The van der Waals surface area contributed by atoms with Crippen molar-refractivity contribution in [2.75, 3.05) is 19.7 Å². The molecule has 4 heteroatoms. The molecule has 0 aromatic heterocycles. The van der Waals surface area contributed by atoms with Crippen molar-refractivity contribution in [2.24, 2.45) is 0 Å². The molecular weight excluding hydrogens is 152 g/mol. The minimum absolute atomic E-state index is 0.116. The first-order valence-corrected chi connectivity index (χ1v) is 3.89. The summed E-state index contributed by atoms with van der Waals surface area (Å²) < 4.78 is 31.4. The van der Waals surface area contributed by atoms with Crippen LogP contribution in [0.3, 0.4) is 0 Å². The number of alkyl halides is 2. The van der Waals surface area contributed by atoms with E-state index < -0.39 is 11.5 Å². The minimum atomic E-state index is -2.61. The normalized spacial score (nSPS) is 42.0. The third kappa shape index (κ3) is 0.891. The molecule has 2 saturated heterocycles. The van der Waals surface area contributed by atoms with Gasteiger partial charge in [-0.05, 0) is 13.0 Å². The van der Waals surface area contributed by atoms with Crippen LogP contribution in [0.4, 0.5) is 8.78 Å². The fourth-order valence-electron chi connectivity index (χ4n) is 1.81. The summed E-state index contributed by atoms with van der Waals surface area (Å²) in [6, 6.07) is 0. The molecule has 1 atom stereocenters. The van der Waals surface area contributed by atoms with E-state index in [2.05, 4.69) is 5.32 Å². The van der Waals surface area contributed by atoms with Gasteiger partial charge in [0.1, 0.15) is 5.60 Å². The van der Waals surface area contributed by atoms with Gasteiger partial charge < -0.3 is 10.1 Å². The van der Waals surface area contributed by atoms with Gasteiger partial charge in [-0.25, -0.2) is 8.78 Å². The fraction of sp³-hybridized carbons (Fsp3) is 1.00. The Balaban J connectivity index is 2.22. The SMILES string of the molecule is FC1(F)CCOC12CCNC2. The van der Waals surface area contributed by atoms with Crippen LogP contribution in [-0.4, -0.2) is 31.2 Å². The summed E-state index contributed by atoms with van der Waals surface area (Å²) >= 11 is 0. The molecular formula is C7H11F2NO. The van der Waals surface area contributed by atoms with Crippen LogP contribution in [0, 0.1) is 0 Å². The molecule has 0 aromatic carbocycles. The summed E-state index contributed by atoms with van der Waals surface area (Å²) in [7, 11) is 0. The van der Waals surface area contributed by atoms with E-state index in [1.54, 1.807) is 0 Å². The summed E-state index contributed by atoms with van der Waals surface area (Å²) in [6.45, 7) is 1.16. The third-order valence-corrected chi connectivity index (χ3v) is 2.58. The molecule has 2 nitrogen and oxygen atoms in total. The quantitative estimate of drug-likeness (QED) is 0.569. The van der Waals surface area contributed by atoms with E-state index in [0.29, 0.717) is 19.5 Å². The molecule has 0 aromatic rings. The second kappa shape index (κ2) is 2.14. The topological polar surface area (TPSA) is 21.3 Å². The molecule has 2 heterocycles. The Bertz CT molecular complexity index is 160. The molecule has 11 heavy (non-hydrogen) atoms. The molecule has 1 N–H and O–H groups in total. The Labute approximate surface area is 63.9 Å². The van der Waals surface area contributed by atoms with Gasteiger partial charge in [0, 0.05) is 13.0 Å². The summed E-state index contributed by atoms with van der Waals surface area (Å²) in [5.74, 6) is -2.61. The molecule has 2 aliphatic rings. The van der Waals surface area contributed by atoms with Crippen LogP contribution in [0.15, 0.2) is 0 Å². The number of nitrogens with one attached hydrogen (secondary N) is 1. The monoisotopic (exact) mass is 163 g/mol. The second-order valence-electron chi connectivity index (χ2n) is 3.22. The summed E-state index contributed by atoms with van der Waals surface area (Å²) in [5.41, 5.74) is -1.16. The maximum Gasteiger partial charge on any atom is 0.279 e. The highest BCUT2D eigenvalue weighted by atomic mass is 19.3. The van der Waals surface area contributed by atoms with E-state index >= 15 is 0 Å². The van der Waals surface area contributed by atoms with Crippen molar-refractivity contribution in [1.29, 1.82) is 0 Å². The number of rotatable bonds is 0. The molecule has 64 valence electrons. The van der Waals surface area contributed by atoms with Crippen LogP contribution in [0.1, 0.15) is 12.8 Å². The number of hydrogen-bond acceptors (Lipinski definition) is 2. The minimum Gasteiger partial charge on any atom is -0.367 e. The molecule has 0 aliphatic carbocycles. The lowest BCUT2D eigenvalue weighted by molar-refractivity contribution is -0.134. The molecule has 0 amide bonds. The predicted octanol–water partition coefficient (Wildman–Crippen LogP) is 0.774.